The van der Waals surface area contributed by atoms with E-state index in [1.54, 1.807) is 31.2 Å². The fraction of sp³-hybridized carbons (Fsp3) is 0.423. The molecule has 1 saturated carbocycles. The molecule has 2 aromatic heterocycles. The molecular formula is C26H32N6O3S. The number of nitrogens with zero attached hydrogens (tertiary/aromatic N) is 3. The first-order valence-electron chi connectivity index (χ1n) is 12.4. The van der Waals surface area contributed by atoms with Crippen molar-refractivity contribution in [3.05, 3.63) is 58.0 Å². The van der Waals surface area contributed by atoms with Crippen molar-refractivity contribution >= 4 is 34.5 Å². The van der Waals surface area contributed by atoms with Crippen LogP contribution in [0.25, 0.3) is 0 Å². The Hall–Kier alpha value is -3.37. The molecule has 1 unspecified atom stereocenters. The molecule has 1 aliphatic heterocycles. The van der Waals surface area contributed by atoms with Crippen LogP contribution in [0.15, 0.2) is 42.7 Å². The van der Waals surface area contributed by atoms with Crippen molar-refractivity contribution in [3.63, 3.8) is 0 Å². The number of ether oxygens (including phenoxy) is 1. The van der Waals surface area contributed by atoms with E-state index < -0.39 is 6.04 Å². The van der Waals surface area contributed by atoms with Crippen LogP contribution in [0.5, 0.6) is 5.75 Å². The summed E-state index contributed by atoms with van der Waals surface area (Å²) in [6.45, 7) is 1.38. The number of thiophene rings is 1. The lowest BCUT2D eigenvalue weighted by Gasteiger charge is -2.21. The summed E-state index contributed by atoms with van der Waals surface area (Å²) in [6, 6.07) is 9.26. The molecule has 0 saturated heterocycles. The lowest BCUT2D eigenvalue weighted by atomic mass is 9.97. The fourth-order valence-corrected chi connectivity index (χ4v) is 5.90. The van der Waals surface area contributed by atoms with Gasteiger partial charge in [0.15, 0.2) is 0 Å². The first-order valence-corrected chi connectivity index (χ1v) is 13.2. The van der Waals surface area contributed by atoms with Crippen molar-refractivity contribution in [1.82, 2.24) is 20.5 Å². The van der Waals surface area contributed by atoms with Gasteiger partial charge in [0.1, 0.15) is 11.8 Å². The van der Waals surface area contributed by atoms with Gasteiger partial charge in [-0.1, -0.05) is 25.7 Å². The zero-order chi connectivity index (χ0) is 25.1. The number of amides is 2. The maximum Gasteiger partial charge on any atom is 0.262 e. The molecule has 2 amide bonds. The van der Waals surface area contributed by atoms with Crippen molar-refractivity contribution in [2.45, 2.75) is 51.2 Å². The zero-order valence-corrected chi connectivity index (χ0v) is 21.4. The summed E-state index contributed by atoms with van der Waals surface area (Å²) in [5.74, 6) is 0.879. The number of benzene rings is 1. The number of carbonyl (C=O) groups excluding carboxylic acids is 2. The second-order valence-electron chi connectivity index (χ2n) is 9.49. The van der Waals surface area contributed by atoms with Crippen LogP contribution in [0.1, 0.15) is 52.2 Å². The van der Waals surface area contributed by atoms with Gasteiger partial charge in [-0.15, -0.1) is 11.3 Å². The number of hydrogen-bond donors (Lipinski definition) is 3. The van der Waals surface area contributed by atoms with Crippen LogP contribution in [0.2, 0.25) is 0 Å². The molecule has 5 rings (SSSR count). The van der Waals surface area contributed by atoms with Gasteiger partial charge in [0.25, 0.3) is 5.91 Å². The van der Waals surface area contributed by atoms with Crippen LogP contribution in [-0.4, -0.2) is 34.7 Å². The maximum atomic E-state index is 13.2. The number of aromatic nitrogens is 2. The van der Waals surface area contributed by atoms with Crippen LogP contribution in [0, 0.1) is 5.92 Å². The molecule has 36 heavy (non-hydrogen) atoms. The third kappa shape index (κ3) is 5.55. The molecule has 10 heteroatoms. The minimum atomic E-state index is -0.589. The molecule has 0 radical (unpaired) electrons. The van der Waals surface area contributed by atoms with Crippen LogP contribution < -0.4 is 25.8 Å². The Kier molecular flexibility index (Phi) is 7.24. The van der Waals surface area contributed by atoms with Gasteiger partial charge in [0.05, 0.1) is 36.1 Å². The van der Waals surface area contributed by atoms with E-state index in [4.69, 9.17) is 4.74 Å². The lowest BCUT2D eigenvalue weighted by Crippen LogP contribution is -2.44. The predicted molar refractivity (Wildman–Crippen MR) is 140 cm³/mol. The highest BCUT2D eigenvalue weighted by atomic mass is 32.1. The number of nitrogens with one attached hydrogen (secondary N) is 3. The Balaban J connectivity index is 1.24. The average Bonchev–Trinajstić information content (AvgIpc) is 3.68. The van der Waals surface area contributed by atoms with Crippen molar-refractivity contribution in [1.29, 1.82) is 0 Å². The Morgan fingerprint density at radius 2 is 2.08 bits per heavy atom. The maximum absolute atomic E-state index is 13.2. The minimum absolute atomic E-state index is 0.201. The Labute approximate surface area is 214 Å². The van der Waals surface area contributed by atoms with E-state index in [0.717, 1.165) is 35.7 Å². The Bertz CT molecular complexity index is 1230. The van der Waals surface area contributed by atoms with Crippen molar-refractivity contribution in [2.75, 3.05) is 17.4 Å². The van der Waals surface area contributed by atoms with E-state index in [-0.39, 0.29) is 11.8 Å². The number of anilines is 2. The third-order valence-corrected chi connectivity index (χ3v) is 7.94. The van der Waals surface area contributed by atoms with E-state index in [0.29, 0.717) is 29.4 Å². The molecular weight excluding hydrogens is 476 g/mol. The van der Waals surface area contributed by atoms with Gasteiger partial charge in [-0.2, -0.15) is 5.10 Å². The highest BCUT2D eigenvalue weighted by molar-refractivity contribution is 7.14. The van der Waals surface area contributed by atoms with E-state index in [2.05, 4.69) is 26.2 Å². The number of hydrogen-bond acceptors (Lipinski definition) is 7. The quantitative estimate of drug-likeness (QED) is 0.406. The van der Waals surface area contributed by atoms with Gasteiger partial charge < -0.3 is 20.4 Å². The number of carbonyl (C=O) groups is 2. The second kappa shape index (κ2) is 10.7. The first kappa shape index (κ1) is 24.3. The van der Waals surface area contributed by atoms with E-state index in [1.165, 1.54) is 29.7 Å². The molecule has 3 heterocycles. The molecule has 1 aliphatic carbocycles. The predicted octanol–water partition coefficient (Wildman–Crippen LogP) is 3.83. The van der Waals surface area contributed by atoms with Crippen LogP contribution in [0.3, 0.4) is 0 Å². The summed E-state index contributed by atoms with van der Waals surface area (Å²) in [4.78, 5) is 27.9. The summed E-state index contributed by atoms with van der Waals surface area (Å²) in [5, 5.41) is 12.1. The molecule has 9 nitrogen and oxygen atoms in total. The Morgan fingerprint density at radius 3 is 2.83 bits per heavy atom. The first-order chi connectivity index (χ1) is 17.5. The topological polar surface area (TPSA) is 101 Å². The van der Waals surface area contributed by atoms with E-state index in [1.807, 2.05) is 30.3 Å². The highest BCUT2D eigenvalue weighted by Crippen LogP contribution is 2.32. The number of fused-ring (bicyclic) bond motifs is 1. The molecule has 2 aliphatic rings. The van der Waals surface area contributed by atoms with Crippen LogP contribution in [-0.2, 0) is 24.9 Å². The average molecular weight is 509 g/mol. The largest absolute Gasteiger partial charge is 0.497 e. The van der Waals surface area contributed by atoms with E-state index in [9.17, 15) is 9.59 Å². The smallest absolute Gasteiger partial charge is 0.262 e. The van der Waals surface area contributed by atoms with Crippen molar-refractivity contribution < 1.29 is 14.3 Å². The monoisotopic (exact) mass is 508 g/mol. The summed E-state index contributed by atoms with van der Waals surface area (Å²) >= 11 is 1.45. The normalized spacial score (nSPS) is 16.1. The second-order valence-corrected chi connectivity index (χ2v) is 10.7. The van der Waals surface area contributed by atoms with Crippen LogP contribution in [0.4, 0.5) is 11.4 Å². The molecule has 3 N–H and O–H groups in total. The summed E-state index contributed by atoms with van der Waals surface area (Å²) in [7, 11) is 3.47. The van der Waals surface area contributed by atoms with Gasteiger partial charge >= 0.3 is 0 Å². The molecule has 190 valence electrons. The van der Waals surface area contributed by atoms with Crippen molar-refractivity contribution in [3.8, 4) is 5.75 Å². The van der Waals surface area contributed by atoms with E-state index >= 15 is 0 Å². The van der Waals surface area contributed by atoms with Crippen molar-refractivity contribution in [2.24, 2.45) is 13.0 Å². The van der Waals surface area contributed by atoms with Crippen LogP contribution >= 0.6 is 11.3 Å². The number of hydrazine groups is 1. The molecule has 1 fully saturated rings. The fourth-order valence-electron chi connectivity index (χ4n) is 5.00. The lowest BCUT2D eigenvalue weighted by molar-refractivity contribution is -0.118. The molecule has 1 aromatic carbocycles. The SMILES string of the molecule is COc1ccc2c(c1)CNN2Cc1ccc(C(=O)NC(CC2CCCC2)C(=O)Nc2cnn(C)c2)s1. The summed E-state index contributed by atoms with van der Waals surface area (Å²) < 4.78 is 6.96. The Morgan fingerprint density at radius 1 is 1.25 bits per heavy atom. The number of aryl methyl sites for hydroxylation is 1. The van der Waals surface area contributed by atoms with Gasteiger partial charge in [-0.05, 0) is 48.2 Å². The summed E-state index contributed by atoms with van der Waals surface area (Å²) in [5.41, 5.74) is 6.31. The minimum Gasteiger partial charge on any atom is -0.497 e. The van der Waals surface area contributed by atoms with Gasteiger partial charge in [0.2, 0.25) is 5.91 Å². The molecule has 0 bridgehead atoms. The third-order valence-electron chi connectivity index (χ3n) is 6.88. The number of rotatable bonds is 9. The standard InChI is InChI=1S/C26H32N6O3S/c1-31-15-19(14-27-31)29-25(33)22(11-17-5-3-4-6-17)30-26(34)24-10-8-21(36-24)16-32-23-9-7-20(35-2)12-18(23)13-28-32/h7-10,12,14-15,17,22,28H,3-6,11,13,16H2,1-2H3,(H,29,33)(H,30,34). The highest BCUT2D eigenvalue weighted by Gasteiger charge is 2.28. The van der Waals surface area contributed by atoms with Gasteiger partial charge in [-0.25, -0.2) is 5.43 Å². The molecule has 3 aromatic rings. The van der Waals surface area contributed by atoms with Gasteiger partial charge in [0, 0.05) is 24.7 Å². The molecule has 1 atom stereocenters. The zero-order valence-electron chi connectivity index (χ0n) is 20.6. The number of methoxy groups -OCH3 is 1. The molecule has 0 spiro atoms. The van der Waals surface area contributed by atoms with Gasteiger partial charge in [-0.3, -0.25) is 14.3 Å². The summed E-state index contributed by atoms with van der Waals surface area (Å²) in [6.07, 6.45) is 8.58.